The third kappa shape index (κ3) is 7.84. The van der Waals surface area contributed by atoms with Crippen LogP contribution in [0, 0.1) is 0 Å². The number of likely N-dealkylation sites (tertiary alicyclic amines) is 1. The highest BCUT2D eigenvalue weighted by atomic mass is 19.4. The van der Waals surface area contributed by atoms with Crippen LogP contribution in [0.1, 0.15) is 37.2 Å². The van der Waals surface area contributed by atoms with E-state index in [-0.39, 0.29) is 24.4 Å². The molecule has 2 amide bonds. The van der Waals surface area contributed by atoms with Gasteiger partial charge in [-0.2, -0.15) is 13.2 Å². The first-order chi connectivity index (χ1) is 15.0. The minimum Gasteiger partial charge on any atom is -0.480 e. The SMILES string of the molecule is O=C(O)C(F)(F)F.O=C(O)CN1CCC(c2ccc(N[C@@H]3CCC(=O)NC3=O)cc2)CC1. The number of carboxylic acids is 2. The fourth-order valence-corrected chi connectivity index (χ4v) is 3.50. The summed E-state index contributed by atoms with van der Waals surface area (Å²) in [6.07, 6.45) is -2.31. The maximum Gasteiger partial charge on any atom is 0.490 e. The van der Waals surface area contributed by atoms with Crippen LogP contribution >= 0.6 is 0 Å². The van der Waals surface area contributed by atoms with E-state index in [1.165, 1.54) is 5.56 Å². The van der Waals surface area contributed by atoms with Crippen molar-refractivity contribution >= 4 is 29.4 Å². The maximum absolute atomic E-state index is 11.8. The number of rotatable bonds is 5. The molecule has 0 saturated carbocycles. The fraction of sp³-hybridized carbons (Fsp3) is 0.500. The molecule has 1 atom stereocenters. The number of halogens is 3. The average molecular weight is 459 g/mol. The molecule has 2 aliphatic heterocycles. The van der Waals surface area contributed by atoms with Crippen molar-refractivity contribution in [2.45, 2.75) is 43.8 Å². The van der Waals surface area contributed by atoms with Crippen LogP contribution in [0.4, 0.5) is 18.9 Å². The highest BCUT2D eigenvalue weighted by molar-refractivity contribution is 6.01. The Labute approximate surface area is 181 Å². The van der Waals surface area contributed by atoms with E-state index < -0.39 is 18.1 Å². The lowest BCUT2D eigenvalue weighted by Gasteiger charge is -2.31. The van der Waals surface area contributed by atoms with Gasteiger partial charge in [0, 0.05) is 12.1 Å². The van der Waals surface area contributed by atoms with Gasteiger partial charge in [-0.15, -0.1) is 0 Å². The summed E-state index contributed by atoms with van der Waals surface area (Å²) in [7, 11) is 0. The average Bonchev–Trinajstić information content (AvgIpc) is 2.71. The molecule has 9 nitrogen and oxygen atoms in total. The molecule has 0 aliphatic carbocycles. The molecule has 3 rings (SSSR count). The molecule has 1 aromatic rings. The van der Waals surface area contributed by atoms with Crippen LogP contribution in [0.25, 0.3) is 0 Å². The number of piperidine rings is 2. The van der Waals surface area contributed by atoms with Crippen LogP contribution in [-0.2, 0) is 19.2 Å². The molecule has 4 N–H and O–H groups in total. The van der Waals surface area contributed by atoms with E-state index in [0.29, 0.717) is 18.8 Å². The Morgan fingerprint density at radius 3 is 2.09 bits per heavy atom. The number of anilines is 1. The molecule has 176 valence electrons. The van der Waals surface area contributed by atoms with Gasteiger partial charge in [-0.1, -0.05) is 12.1 Å². The van der Waals surface area contributed by atoms with Gasteiger partial charge in [-0.25, -0.2) is 4.79 Å². The van der Waals surface area contributed by atoms with Gasteiger partial charge in [0.2, 0.25) is 11.8 Å². The van der Waals surface area contributed by atoms with E-state index in [1.54, 1.807) is 0 Å². The van der Waals surface area contributed by atoms with Crippen molar-refractivity contribution in [3.63, 3.8) is 0 Å². The van der Waals surface area contributed by atoms with E-state index >= 15 is 0 Å². The molecule has 2 heterocycles. The number of nitrogens with one attached hydrogen (secondary N) is 2. The second kappa shape index (κ2) is 10.9. The Bertz CT molecular complexity index is 836. The summed E-state index contributed by atoms with van der Waals surface area (Å²) < 4.78 is 31.7. The molecule has 0 unspecified atom stereocenters. The monoisotopic (exact) mass is 459 g/mol. The molecule has 0 bridgehead atoms. The van der Waals surface area contributed by atoms with E-state index in [9.17, 15) is 27.6 Å². The van der Waals surface area contributed by atoms with Crippen molar-refractivity contribution in [1.29, 1.82) is 0 Å². The van der Waals surface area contributed by atoms with Gasteiger partial charge in [-0.3, -0.25) is 24.6 Å². The summed E-state index contributed by atoms with van der Waals surface area (Å²) >= 11 is 0. The van der Waals surface area contributed by atoms with Crippen molar-refractivity contribution in [3.8, 4) is 0 Å². The molecular weight excluding hydrogens is 435 g/mol. The number of hydrogen-bond acceptors (Lipinski definition) is 6. The van der Waals surface area contributed by atoms with Crippen molar-refractivity contribution in [1.82, 2.24) is 10.2 Å². The predicted octanol–water partition coefficient (Wildman–Crippen LogP) is 1.80. The number of hydrogen-bond donors (Lipinski definition) is 4. The lowest BCUT2D eigenvalue weighted by molar-refractivity contribution is -0.192. The van der Waals surface area contributed by atoms with Crippen LogP contribution in [0.3, 0.4) is 0 Å². The molecule has 0 spiro atoms. The zero-order valence-electron chi connectivity index (χ0n) is 17.0. The Balaban J connectivity index is 0.000000451. The smallest absolute Gasteiger partial charge is 0.480 e. The Kier molecular flexibility index (Phi) is 8.58. The van der Waals surface area contributed by atoms with Crippen molar-refractivity contribution < 1.29 is 42.6 Å². The standard InChI is InChI=1S/C18H23N3O4.C2HF3O2/c22-16-6-5-15(18(25)20-16)19-14-3-1-12(2-4-14)13-7-9-21(10-8-13)11-17(23)24;3-2(4,5)1(6)7/h1-4,13,15,19H,5-11H2,(H,23,24)(H,20,22,25);(H,6,7)/t15-;/m1./s1. The summed E-state index contributed by atoms with van der Waals surface area (Å²) in [5.41, 5.74) is 2.10. The molecule has 2 aliphatic rings. The summed E-state index contributed by atoms with van der Waals surface area (Å²) in [5, 5.41) is 21.5. The van der Waals surface area contributed by atoms with E-state index in [2.05, 4.69) is 22.8 Å². The minimum atomic E-state index is -5.08. The molecule has 0 radical (unpaired) electrons. The number of benzene rings is 1. The normalized spacial score (nSPS) is 20.0. The predicted molar refractivity (Wildman–Crippen MR) is 106 cm³/mol. The van der Waals surface area contributed by atoms with E-state index in [1.807, 2.05) is 17.0 Å². The zero-order valence-corrected chi connectivity index (χ0v) is 17.0. The third-order valence-electron chi connectivity index (χ3n) is 5.15. The van der Waals surface area contributed by atoms with E-state index in [0.717, 1.165) is 31.6 Å². The number of amides is 2. The van der Waals surface area contributed by atoms with Crippen molar-refractivity contribution in [3.05, 3.63) is 29.8 Å². The molecule has 12 heteroatoms. The molecule has 2 saturated heterocycles. The highest BCUT2D eigenvalue weighted by Crippen LogP contribution is 2.29. The second-order valence-electron chi connectivity index (χ2n) is 7.52. The van der Waals surface area contributed by atoms with Crippen molar-refractivity contribution in [2.24, 2.45) is 0 Å². The topological polar surface area (TPSA) is 136 Å². The highest BCUT2D eigenvalue weighted by Gasteiger charge is 2.38. The van der Waals surface area contributed by atoms with Gasteiger partial charge in [0.1, 0.15) is 6.04 Å². The molecule has 32 heavy (non-hydrogen) atoms. The number of carbonyl (C=O) groups excluding carboxylic acids is 2. The van der Waals surface area contributed by atoms with Gasteiger partial charge in [0.15, 0.2) is 0 Å². The summed E-state index contributed by atoms with van der Waals surface area (Å²) in [5.74, 6) is -3.58. The Hall–Kier alpha value is -3.15. The van der Waals surface area contributed by atoms with Gasteiger partial charge in [0.05, 0.1) is 6.54 Å². The fourth-order valence-electron chi connectivity index (χ4n) is 3.50. The van der Waals surface area contributed by atoms with Gasteiger partial charge < -0.3 is 15.5 Å². The van der Waals surface area contributed by atoms with E-state index in [4.69, 9.17) is 15.0 Å². The zero-order chi connectivity index (χ0) is 23.9. The third-order valence-corrected chi connectivity index (χ3v) is 5.15. The number of nitrogens with zero attached hydrogens (tertiary/aromatic N) is 1. The first-order valence-electron chi connectivity index (χ1n) is 9.90. The Morgan fingerprint density at radius 2 is 1.62 bits per heavy atom. The van der Waals surface area contributed by atoms with Crippen LogP contribution < -0.4 is 10.6 Å². The van der Waals surface area contributed by atoms with Crippen LogP contribution in [-0.4, -0.2) is 70.7 Å². The first kappa shape index (κ1) is 25.1. The first-order valence-corrected chi connectivity index (χ1v) is 9.90. The number of alkyl halides is 3. The van der Waals surface area contributed by atoms with Crippen LogP contribution in [0.15, 0.2) is 24.3 Å². The van der Waals surface area contributed by atoms with Crippen LogP contribution in [0.5, 0.6) is 0 Å². The van der Waals surface area contributed by atoms with Gasteiger partial charge >= 0.3 is 18.1 Å². The molecule has 2 fully saturated rings. The molecule has 1 aromatic carbocycles. The second-order valence-corrected chi connectivity index (χ2v) is 7.52. The summed E-state index contributed by atoms with van der Waals surface area (Å²) in [4.78, 5) is 44.6. The lowest BCUT2D eigenvalue weighted by atomic mass is 9.89. The number of carboxylic acid groups (broad SMARTS) is 2. The maximum atomic E-state index is 11.8. The number of aliphatic carboxylic acids is 2. The van der Waals surface area contributed by atoms with Gasteiger partial charge in [-0.05, 0) is 56.0 Å². The van der Waals surface area contributed by atoms with Crippen molar-refractivity contribution in [2.75, 3.05) is 25.0 Å². The number of carbonyl (C=O) groups is 4. The molecular formula is C20H24F3N3O6. The number of imide groups is 1. The molecule has 0 aromatic heterocycles. The quantitative estimate of drug-likeness (QED) is 0.490. The minimum absolute atomic E-state index is 0.113. The Morgan fingerprint density at radius 1 is 1.06 bits per heavy atom. The lowest BCUT2D eigenvalue weighted by Crippen LogP contribution is -2.47. The van der Waals surface area contributed by atoms with Gasteiger partial charge in [0.25, 0.3) is 0 Å². The van der Waals surface area contributed by atoms with Crippen LogP contribution in [0.2, 0.25) is 0 Å². The summed E-state index contributed by atoms with van der Waals surface area (Å²) in [6, 6.07) is 7.67. The largest absolute Gasteiger partial charge is 0.490 e. The summed E-state index contributed by atoms with van der Waals surface area (Å²) in [6.45, 7) is 1.71.